The van der Waals surface area contributed by atoms with E-state index in [1.54, 1.807) is 0 Å². The normalized spacial score (nSPS) is 11.8. The highest BCUT2D eigenvalue weighted by molar-refractivity contribution is 7.59. The van der Waals surface area contributed by atoms with Crippen molar-refractivity contribution in [3.63, 3.8) is 0 Å². The Labute approximate surface area is 101 Å². The first-order valence-electron chi connectivity index (χ1n) is 4.57. The SMILES string of the molecule is [S-]C(n1cncn1)(n1cncn1)n1cncn1. The fourth-order valence-corrected chi connectivity index (χ4v) is 1.67. The molecular weight excluding hydrogens is 242 g/mol. The third-order valence-corrected chi connectivity index (χ3v) is 2.71. The van der Waals surface area contributed by atoms with Crippen LogP contribution in [-0.4, -0.2) is 44.3 Å². The lowest BCUT2D eigenvalue weighted by Gasteiger charge is -2.39. The molecule has 0 fully saturated rings. The van der Waals surface area contributed by atoms with Crippen molar-refractivity contribution in [3.05, 3.63) is 38.0 Å². The minimum absolute atomic E-state index is 1.22. The molecule has 0 amide bonds. The summed E-state index contributed by atoms with van der Waals surface area (Å²) in [5.74, 6) is 0. The minimum atomic E-state index is -1.22. The van der Waals surface area contributed by atoms with Crippen LogP contribution in [0.5, 0.6) is 0 Å². The van der Waals surface area contributed by atoms with Gasteiger partial charge in [0.1, 0.15) is 43.1 Å². The molecule has 0 atom stereocenters. The van der Waals surface area contributed by atoms with Gasteiger partial charge in [0.2, 0.25) is 0 Å². The van der Waals surface area contributed by atoms with Gasteiger partial charge in [0, 0.05) is 0 Å². The van der Waals surface area contributed by atoms with E-state index in [-0.39, 0.29) is 0 Å². The number of nitrogens with zero attached hydrogens (tertiary/aromatic N) is 9. The lowest BCUT2D eigenvalue weighted by molar-refractivity contribution is 0.237. The lowest BCUT2D eigenvalue weighted by Crippen LogP contribution is -2.47. The van der Waals surface area contributed by atoms with Crippen molar-refractivity contribution in [2.75, 3.05) is 0 Å². The van der Waals surface area contributed by atoms with Crippen molar-refractivity contribution in [1.82, 2.24) is 44.3 Å². The molecule has 3 aromatic heterocycles. The molecule has 10 heteroatoms. The molecule has 86 valence electrons. The van der Waals surface area contributed by atoms with E-state index in [4.69, 9.17) is 12.6 Å². The summed E-state index contributed by atoms with van der Waals surface area (Å²) in [6.07, 6.45) is 8.60. The fourth-order valence-electron chi connectivity index (χ4n) is 1.39. The summed E-state index contributed by atoms with van der Waals surface area (Å²) in [5, 5.41) is 10.9. The molecule has 0 aliphatic heterocycles. The van der Waals surface area contributed by atoms with Gasteiger partial charge >= 0.3 is 0 Å². The predicted molar refractivity (Wildman–Crippen MR) is 56.2 cm³/mol. The molecule has 0 aliphatic rings. The Hall–Kier alpha value is -2.23. The van der Waals surface area contributed by atoms with Crippen LogP contribution in [0, 0.1) is 0 Å². The van der Waals surface area contributed by atoms with Crippen LogP contribution in [0.15, 0.2) is 38.0 Å². The van der Waals surface area contributed by atoms with Crippen molar-refractivity contribution in [2.24, 2.45) is 0 Å². The van der Waals surface area contributed by atoms with Crippen molar-refractivity contribution >= 4 is 12.6 Å². The Balaban J connectivity index is 2.21. The first-order chi connectivity index (χ1) is 8.32. The topological polar surface area (TPSA) is 92.1 Å². The largest absolute Gasteiger partial charge is 0.713 e. The zero-order valence-corrected chi connectivity index (χ0v) is 9.21. The lowest BCUT2D eigenvalue weighted by atomic mass is 10.7. The Morgan fingerprint density at radius 2 is 1.06 bits per heavy atom. The third-order valence-electron chi connectivity index (χ3n) is 2.15. The van der Waals surface area contributed by atoms with E-state index in [0.29, 0.717) is 0 Å². The second kappa shape index (κ2) is 3.66. The zero-order valence-electron chi connectivity index (χ0n) is 8.40. The number of rotatable bonds is 3. The summed E-state index contributed by atoms with van der Waals surface area (Å²) in [7, 11) is 0. The van der Waals surface area contributed by atoms with Gasteiger partial charge in [-0.15, -0.1) is 0 Å². The summed E-state index contributed by atoms with van der Waals surface area (Å²) in [5.41, 5.74) is 0. The molecule has 0 spiro atoms. The number of hydrogen-bond donors (Lipinski definition) is 0. The highest BCUT2D eigenvalue weighted by Gasteiger charge is 2.24. The van der Waals surface area contributed by atoms with E-state index in [2.05, 4.69) is 30.2 Å². The Kier molecular flexibility index (Phi) is 2.14. The highest BCUT2D eigenvalue weighted by Crippen LogP contribution is 2.15. The molecule has 0 N–H and O–H groups in total. The van der Waals surface area contributed by atoms with Crippen LogP contribution in [-0.2, 0) is 17.7 Å². The molecule has 17 heavy (non-hydrogen) atoms. The van der Waals surface area contributed by atoms with Gasteiger partial charge in [-0.05, 0) is 0 Å². The average molecular weight is 248 g/mol. The molecule has 0 aromatic carbocycles. The maximum atomic E-state index is 5.54. The molecule has 0 saturated heterocycles. The van der Waals surface area contributed by atoms with Crippen LogP contribution in [0.3, 0.4) is 0 Å². The second-order valence-electron chi connectivity index (χ2n) is 3.09. The number of hydrogen-bond acceptors (Lipinski definition) is 7. The molecule has 0 aliphatic carbocycles. The van der Waals surface area contributed by atoms with E-state index in [0.717, 1.165) is 0 Å². The maximum Gasteiger partial charge on any atom is 0.137 e. The van der Waals surface area contributed by atoms with Crippen molar-refractivity contribution in [2.45, 2.75) is 5.12 Å². The summed E-state index contributed by atoms with van der Waals surface area (Å²) in [6, 6.07) is 0. The van der Waals surface area contributed by atoms with E-state index in [1.165, 1.54) is 52.0 Å². The molecule has 9 nitrogen and oxygen atoms in total. The van der Waals surface area contributed by atoms with Crippen LogP contribution in [0.2, 0.25) is 0 Å². The smallest absolute Gasteiger partial charge is 0.137 e. The van der Waals surface area contributed by atoms with Gasteiger partial charge in [-0.1, -0.05) is 0 Å². The van der Waals surface area contributed by atoms with Gasteiger partial charge in [-0.3, -0.25) is 0 Å². The molecule has 3 aromatic rings. The number of aromatic nitrogens is 9. The summed E-state index contributed by atoms with van der Waals surface area (Å²) in [4.78, 5) is 11.6. The van der Waals surface area contributed by atoms with Gasteiger partial charge < -0.3 is 12.6 Å². The first kappa shape index (κ1) is 9.96. The van der Waals surface area contributed by atoms with Gasteiger partial charge in [-0.25, -0.2) is 29.0 Å². The summed E-state index contributed by atoms with van der Waals surface area (Å²) >= 11 is 5.54. The predicted octanol–water partition coefficient (Wildman–Crippen LogP) is -1.33. The third kappa shape index (κ3) is 1.41. The van der Waals surface area contributed by atoms with Crippen LogP contribution in [0.1, 0.15) is 0 Å². The van der Waals surface area contributed by atoms with Gasteiger partial charge in [-0.2, -0.15) is 15.3 Å². The van der Waals surface area contributed by atoms with Gasteiger partial charge in [0.15, 0.2) is 0 Å². The Morgan fingerprint density at radius 1 is 0.706 bits per heavy atom. The second-order valence-corrected chi connectivity index (χ2v) is 3.64. The molecule has 0 radical (unpaired) electrons. The molecule has 3 rings (SSSR count). The fraction of sp³-hybridized carbons (Fsp3) is 0.143. The molecule has 3 heterocycles. The summed E-state index contributed by atoms with van der Waals surface area (Å²) in [6.45, 7) is 0. The van der Waals surface area contributed by atoms with Crippen LogP contribution in [0.4, 0.5) is 0 Å². The maximum absolute atomic E-state index is 5.54. The Bertz CT molecular complexity index is 485. The molecule has 0 unspecified atom stereocenters. The monoisotopic (exact) mass is 248 g/mol. The van der Waals surface area contributed by atoms with Gasteiger partial charge in [0.05, 0.1) is 0 Å². The van der Waals surface area contributed by atoms with Gasteiger partial charge in [0.25, 0.3) is 0 Å². The summed E-state index contributed by atoms with van der Waals surface area (Å²) < 4.78 is 4.31. The van der Waals surface area contributed by atoms with E-state index in [9.17, 15) is 0 Å². The minimum Gasteiger partial charge on any atom is -0.713 e. The van der Waals surface area contributed by atoms with Crippen molar-refractivity contribution < 1.29 is 0 Å². The van der Waals surface area contributed by atoms with Crippen molar-refractivity contribution in [3.8, 4) is 0 Å². The zero-order chi connectivity index (χ0) is 11.7. The quantitative estimate of drug-likeness (QED) is 0.530. The van der Waals surface area contributed by atoms with E-state index >= 15 is 0 Å². The standard InChI is InChI=1S/C7H7N9S/c17-7(14-4-8-1-11-14,15-5-9-2-12-15)16-6-10-3-13-16/h1-6,17H/p-1. The average Bonchev–Trinajstić information content (AvgIpc) is 3.10. The molecular formula is C7H6N9S-. The van der Waals surface area contributed by atoms with Crippen molar-refractivity contribution in [1.29, 1.82) is 0 Å². The van der Waals surface area contributed by atoms with E-state index in [1.807, 2.05) is 0 Å². The van der Waals surface area contributed by atoms with E-state index < -0.39 is 5.12 Å². The Morgan fingerprint density at radius 3 is 1.29 bits per heavy atom. The molecule has 0 saturated carbocycles. The molecule has 0 bridgehead atoms. The van der Waals surface area contributed by atoms with Crippen LogP contribution >= 0.6 is 0 Å². The first-order valence-corrected chi connectivity index (χ1v) is 4.98. The highest BCUT2D eigenvalue weighted by atomic mass is 32.1. The van der Waals surface area contributed by atoms with Crippen LogP contribution in [0.25, 0.3) is 0 Å². The van der Waals surface area contributed by atoms with Crippen LogP contribution < -0.4 is 0 Å².